The highest BCUT2D eigenvalue weighted by Crippen LogP contribution is 2.28. The lowest BCUT2D eigenvalue weighted by molar-refractivity contribution is -0.137. The number of nitrogens with one attached hydrogen (secondary N) is 1. The number of imidazole rings is 1. The first-order chi connectivity index (χ1) is 18.3. The van der Waals surface area contributed by atoms with Crippen molar-refractivity contribution in [3.05, 3.63) is 52.0 Å². The number of carbonyl (C=O) groups excluding carboxylic acids is 2. The molecule has 1 N–H and O–H groups in total. The summed E-state index contributed by atoms with van der Waals surface area (Å²) >= 11 is 1.74. The molecule has 2 aromatic heterocycles. The first-order valence-corrected chi connectivity index (χ1v) is 14.9. The van der Waals surface area contributed by atoms with Crippen molar-refractivity contribution in [1.29, 1.82) is 0 Å². The van der Waals surface area contributed by atoms with E-state index in [2.05, 4.69) is 55.1 Å². The number of aromatic nitrogens is 2. The van der Waals surface area contributed by atoms with Gasteiger partial charge in [-0.1, -0.05) is 33.8 Å². The minimum absolute atomic E-state index is 0.0221. The highest BCUT2D eigenvalue weighted by atomic mass is 32.1. The fourth-order valence-electron chi connectivity index (χ4n) is 5.53. The van der Waals surface area contributed by atoms with Gasteiger partial charge in [-0.3, -0.25) is 9.59 Å². The number of piperidine rings is 1. The molecule has 2 amide bonds. The van der Waals surface area contributed by atoms with Gasteiger partial charge in [0.2, 0.25) is 5.91 Å². The third-order valence-electron chi connectivity index (χ3n) is 7.58. The van der Waals surface area contributed by atoms with Crippen molar-refractivity contribution in [1.82, 2.24) is 19.8 Å². The van der Waals surface area contributed by atoms with Crippen LogP contribution in [0.25, 0.3) is 11.0 Å². The smallest absolute Gasteiger partial charge is 0.252 e. The summed E-state index contributed by atoms with van der Waals surface area (Å²) in [6, 6.07) is 9.75. The fourth-order valence-corrected chi connectivity index (χ4v) is 6.23. The Labute approximate surface area is 230 Å². The fraction of sp³-hybridized carbons (Fsp3) is 0.567. The number of methoxy groups -OCH3 is 1. The van der Waals surface area contributed by atoms with Gasteiger partial charge >= 0.3 is 0 Å². The molecule has 1 aromatic carbocycles. The average molecular weight is 539 g/mol. The Balaban J connectivity index is 1.59. The summed E-state index contributed by atoms with van der Waals surface area (Å²) < 4.78 is 7.86. The summed E-state index contributed by atoms with van der Waals surface area (Å²) in [6.07, 6.45) is 5.32. The monoisotopic (exact) mass is 538 g/mol. The van der Waals surface area contributed by atoms with Crippen LogP contribution >= 0.6 is 11.3 Å². The first kappa shape index (κ1) is 28.3. The molecule has 4 rings (SSSR count). The summed E-state index contributed by atoms with van der Waals surface area (Å²) in [5.41, 5.74) is 2.40. The van der Waals surface area contributed by atoms with Crippen molar-refractivity contribution >= 4 is 34.2 Å². The summed E-state index contributed by atoms with van der Waals surface area (Å²) in [5.74, 6) is 1.04. The molecule has 1 aliphatic heterocycles. The number of fused-ring (bicyclic) bond motifs is 1. The van der Waals surface area contributed by atoms with Crippen LogP contribution in [0.2, 0.25) is 0 Å². The maximum atomic E-state index is 13.5. The van der Waals surface area contributed by atoms with Crippen LogP contribution in [-0.4, -0.2) is 58.6 Å². The zero-order valence-corrected chi connectivity index (χ0v) is 24.2. The van der Waals surface area contributed by atoms with Crippen molar-refractivity contribution in [3.63, 3.8) is 0 Å². The second-order valence-corrected chi connectivity index (χ2v) is 11.8. The van der Waals surface area contributed by atoms with Gasteiger partial charge in [0.05, 0.1) is 17.1 Å². The molecular weight excluding hydrogens is 496 g/mol. The van der Waals surface area contributed by atoms with Crippen LogP contribution in [0, 0.1) is 5.92 Å². The topological polar surface area (TPSA) is 76.5 Å². The zero-order chi connectivity index (χ0) is 27.2. The molecule has 0 saturated carbocycles. The highest BCUT2D eigenvalue weighted by molar-refractivity contribution is 7.09. The van der Waals surface area contributed by atoms with Gasteiger partial charge in [-0.15, -0.1) is 11.3 Å². The molecule has 38 heavy (non-hydrogen) atoms. The third kappa shape index (κ3) is 6.46. The molecule has 1 aliphatic rings. The summed E-state index contributed by atoms with van der Waals surface area (Å²) in [7, 11) is 1.69. The summed E-state index contributed by atoms with van der Waals surface area (Å²) in [5, 5.41) is 5.15. The molecule has 2 atom stereocenters. The van der Waals surface area contributed by atoms with Crippen molar-refractivity contribution in [3.8, 4) is 0 Å². The van der Waals surface area contributed by atoms with Gasteiger partial charge in [0, 0.05) is 43.1 Å². The molecular formula is C30H42N4O3S. The summed E-state index contributed by atoms with van der Waals surface area (Å²) in [6.45, 7) is 9.85. The van der Waals surface area contributed by atoms with E-state index in [1.54, 1.807) is 18.4 Å². The zero-order valence-electron chi connectivity index (χ0n) is 23.4. The van der Waals surface area contributed by atoms with Crippen molar-refractivity contribution < 1.29 is 14.3 Å². The lowest BCUT2D eigenvalue weighted by Crippen LogP contribution is -2.52. The molecule has 1 unspecified atom stereocenters. The van der Waals surface area contributed by atoms with Crippen molar-refractivity contribution in [2.24, 2.45) is 5.92 Å². The van der Waals surface area contributed by atoms with Gasteiger partial charge in [0.15, 0.2) is 0 Å². The van der Waals surface area contributed by atoms with Crippen LogP contribution in [0.3, 0.4) is 0 Å². The molecule has 1 saturated heterocycles. The number of nitrogens with zero attached hydrogens (tertiary/aromatic N) is 3. The van der Waals surface area contributed by atoms with Crippen molar-refractivity contribution in [2.75, 3.05) is 20.2 Å². The number of rotatable bonds is 11. The van der Waals surface area contributed by atoms with Crippen LogP contribution < -0.4 is 5.32 Å². The minimum Gasteiger partial charge on any atom is -0.380 e. The minimum atomic E-state index is -0.565. The SMILES string of the molecule is CCC(CC)n1c(Cc2cccs2)nc2cc(C(=O)N[C@@H](CC(C)C)C(=O)N3CCCC(OC)C3)ccc21. The van der Waals surface area contributed by atoms with Gasteiger partial charge < -0.3 is 19.5 Å². The van der Waals surface area contributed by atoms with Gasteiger partial charge in [-0.25, -0.2) is 4.98 Å². The largest absolute Gasteiger partial charge is 0.380 e. The molecule has 3 aromatic rings. The van der Waals surface area contributed by atoms with E-state index in [-0.39, 0.29) is 23.8 Å². The van der Waals surface area contributed by atoms with E-state index in [9.17, 15) is 9.59 Å². The van der Waals surface area contributed by atoms with Gasteiger partial charge in [0.25, 0.3) is 5.91 Å². The Morgan fingerprint density at radius 2 is 2.00 bits per heavy atom. The first-order valence-electron chi connectivity index (χ1n) is 14.0. The van der Waals surface area contributed by atoms with Crippen LogP contribution in [0.4, 0.5) is 0 Å². The Hall–Kier alpha value is -2.71. The second-order valence-electron chi connectivity index (χ2n) is 10.8. The number of hydrogen-bond acceptors (Lipinski definition) is 5. The molecule has 0 bridgehead atoms. The van der Waals surface area contributed by atoms with Gasteiger partial charge in [-0.2, -0.15) is 0 Å². The quantitative estimate of drug-likeness (QED) is 0.333. The molecule has 0 spiro atoms. The predicted molar refractivity (Wildman–Crippen MR) is 154 cm³/mol. The van der Waals surface area contributed by atoms with Crippen LogP contribution in [0.5, 0.6) is 0 Å². The van der Waals surface area contributed by atoms with Gasteiger partial charge in [0.1, 0.15) is 11.9 Å². The van der Waals surface area contributed by atoms with E-state index in [0.717, 1.165) is 49.0 Å². The predicted octanol–water partition coefficient (Wildman–Crippen LogP) is 5.83. The Bertz CT molecular complexity index is 1220. The molecule has 0 aliphatic carbocycles. The standard InChI is InChI=1S/C30H42N4O3S/c1-6-22(7-2)34-27-13-12-21(17-25(27)31-28(34)18-24-11-9-15-38-24)29(35)32-26(16-20(3)4)30(36)33-14-8-10-23(19-33)37-5/h9,11-13,15,17,20,22-23,26H,6-8,10,14,16,18-19H2,1-5H3,(H,32,35)/t23?,26-/m0/s1. The third-order valence-corrected chi connectivity index (χ3v) is 8.45. The molecule has 7 nitrogen and oxygen atoms in total. The normalized spacial score (nSPS) is 16.9. The number of likely N-dealkylation sites (tertiary alicyclic amines) is 1. The number of benzene rings is 1. The van der Waals surface area contributed by atoms with Crippen LogP contribution in [-0.2, 0) is 16.0 Å². The number of hydrogen-bond donors (Lipinski definition) is 1. The van der Waals surface area contributed by atoms with E-state index in [1.807, 2.05) is 23.1 Å². The number of carbonyl (C=O) groups is 2. The van der Waals surface area contributed by atoms with E-state index < -0.39 is 6.04 Å². The van der Waals surface area contributed by atoms with E-state index in [4.69, 9.17) is 9.72 Å². The number of amides is 2. The van der Waals surface area contributed by atoms with Crippen LogP contribution in [0.15, 0.2) is 35.7 Å². The molecule has 8 heteroatoms. The second kappa shape index (κ2) is 12.9. The Morgan fingerprint density at radius 1 is 1.21 bits per heavy atom. The average Bonchev–Trinajstić information content (AvgIpc) is 3.56. The maximum Gasteiger partial charge on any atom is 0.252 e. The molecule has 3 heterocycles. The lowest BCUT2D eigenvalue weighted by atomic mass is 10.00. The van der Waals surface area contributed by atoms with Crippen molar-refractivity contribution in [2.45, 2.75) is 84.4 Å². The lowest BCUT2D eigenvalue weighted by Gasteiger charge is -2.35. The maximum absolute atomic E-state index is 13.5. The molecule has 1 fully saturated rings. The summed E-state index contributed by atoms with van der Waals surface area (Å²) in [4.78, 5) is 35.0. The number of ether oxygens (including phenoxy) is 1. The van der Waals surface area contributed by atoms with E-state index in [1.165, 1.54) is 4.88 Å². The Kier molecular flexibility index (Phi) is 9.60. The van der Waals surface area contributed by atoms with E-state index in [0.29, 0.717) is 31.1 Å². The highest BCUT2D eigenvalue weighted by Gasteiger charge is 2.31. The molecule has 0 radical (unpaired) electrons. The van der Waals surface area contributed by atoms with E-state index >= 15 is 0 Å². The molecule has 206 valence electrons. The Morgan fingerprint density at radius 3 is 2.66 bits per heavy atom. The van der Waals surface area contributed by atoms with Gasteiger partial charge in [-0.05, 0) is 67.7 Å². The number of thiophene rings is 1. The van der Waals surface area contributed by atoms with Crippen LogP contribution in [0.1, 0.15) is 86.9 Å².